The number of aromatic nitrogens is 2. The second-order valence-electron chi connectivity index (χ2n) is 3.38. The monoisotopic (exact) mass is 244 g/mol. The fourth-order valence-corrected chi connectivity index (χ4v) is 1.29. The maximum atomic E-state index is 8.25. The fourth-order valence-electron chi connectivity index (χ4n) is 1.29. The van der Waals surface area contributed by atoms with Crippen LogP contribution < -0.4 is 10.1 Å². The van der Waals surface area contributed by atoms with Gasteiger partial charge in [-0.05, 0) is 18.2 Å². The Morgan fingerprint density at radius 2 is 2.22 bits per heavy atom. The largest absolute Gasteiger partial charge is 0.471 e. The van der Waals surface area contributed by atoms with Gasteiger partial charge in [0.2, 0.25) is 5.88 Å². The van der Waals surface area contributed by atoms with Crippen LogP contribution in [0.2, 0.25) is 0 Å². The molecular weight excluding hydrogens is 232 g/mol. The zero-order chi connectivity index (χ0) is 12.6. The van der Waals surface area contributed by atoms with E-state index < -0.39 is 0 Å². The molecule has 0 radical (unpaired) electrons. The molecule has 0 unspecified atom stereocenters. The van der Waals surface area contributed by atoms with Crippen LogP contribution in [-0.2, 0) is 6.61 Å². The first-order chi connectivity index (χ1) is 8.88. The summed E-state index contributed by atoms with van der Waals surface area (Å²) in [5.41, 5.74) is 1.55. The summed E-state index contributed by atoms with van der Waals surface area (Å²) in [4.78, 5) is 8.23. The Morgan fingerprint density at radius 3 is 2.89 bits per heavy atom. The minimum Gasteiger partial charge on any atom is -0.471 e. The van der Waals surface area contributed by atoms with Gasteiger partial charge in [-0.1, -0.05) is 11.2 Å². The van der Waals surface area contributed by atoms with Crippen molar-refractivity contribution in [1.82, 2.24) is 9.97 Å². The Bertz CT molecular complexity index is 499. The van der Waals surface area contributed by atoms with Crippen molar-refractivity contribution < 1.29 is 9.94 Å². The smallest absolute Gasteiger partial charge is 0.213 e. The third-order valence-electron chi connectivity index (χ3n) is 2.12. The van der Waals surface area contributed by atoms with E-state index in [9.17, 15) is 0 Å². The van der Waals surface area contributed by atoms with E-state index in [0.29, 0.717) is 18.2 Å². The third-order valence-corrected chi connectivity index (χ3v) is 2.12. The van der Waals surface area contributed by atoms with Crippen LogP contribution >= 0.6 is 0 Å². The van der Waals surface area contributed by atoms with Gasteiger partial charge in [-0.3, -0.25) is 4.98 Å². The molecule has 2 aromatic rings. The number of hydrogen-bond acceptors (Lipinski definition) is 5. The van der Waals surface area contributed by atoms with Crippen LogP contribution in [-0.4, -0.2) is 21.5 Å². The van der Waals surface area contributed by atoms with E-state index in [2.05, 4.69) is 20.4 Å². The summed E-state index contributed by atoms with van der Waals surface area (Å²) < 4.78 is 5.47. The SMILES string of the molecule is O/N=C/Nc1ccc(OCc2ccccn2)nc1. The lowest BCUT2D eigenvalue weighted by Crippen LogP contribution is -2.00. The summed E-state index contributed by atoms with van der Waals surface area (Å²) in [6.45, 7) is 0.374. The molecule has 2 rings (SSSR count). The summed E-state index contributed by atoms with van der Waals surface area (Å²) in [6, 6.07) is 9.12. The first-order valence-corrected chi connectivity index (χ1v) is 5.29. The number of anilines is 1. The van der Waals surface area contributed by atoms with Crippen molar-refractivity contribution >= 4 is 12.0 Å². The fraction of sp³-hybridized carbons (Fsp3) is 0.0833. The van der Waals surface area contributed by atoms with Crippen molar-refractivity contribution in [3.63, 3.8) is 0 Å². The summed E-state index contributed by atoms with van der Waals surface area (Å²) in [5.74, 6) is 0.507. The van der Waals surface area contributed by atoms with Gasteiger partial charge in [-0.25, -0.2) is 4.98 Å². The average molecular weight is 244 g/mol. The number of rotatable bonds is 5. The summed E-state index contributed by atoms with van der Waals surface area (Å²) in [5, 5.41) is 13.8. The molecule has 2 aromatic heterocycles. The van der Waals surface area contributed by atoms with Crippen LogP contribution in [0.4, 0.5) is 5.69 Å². The lowest BCUT2D eigenvalue weighted by molar-refractivity contribution is 0.289. The molecule has 0 saturated carbocycles. The molecule has 18 heavy (non-hydrogen) atoms. The molecule has 0 atom stereocenters. The second kappa shape index (κ2) is 6.19. The van der Waals surface area contributed by atoms with Crippen molar-refractivity contribution in [1.29, 1.82) is 0 Å². The molecule has 2 heterocycles. The van der Waals surface area contributed by atoms with Crippen molar-refractivity contribution in [2.45, 2.75) is 6.61 Å². The van der Waals surface area contributed by atoms with Gasteiger partial charge >= 0.3 is 0 Å². The van der Waals surface area contributed by atoms with Gasteiger partial charge in [-0.15, -0.1) is 0 Å². The molecule has 0 aliphatic heterocycles. The highest BCUT2D eigenvalue weighted by Crippen LogP contribution is 2.12. The molecule has 0 aliphatic rings. The first-order valence-electron chi connectivity index (χ1n) is 5.29. The molecule has 0 bridgehead atoms. The number of nitrogens with zero attached hydrogens (tertiary/aromatic N) is 3. The zero-order valence-corrected chi connectivity index (χ0v) is 9.52. The highest BCUT2D eigenvalue weighted by molar-refractivity contribution is 5.74. The van der Waals surface area contributed by atoms with Gasteiger partial charge in [0.1, 0.15) is 12.9 Å². The maximum Gasteiger partial charge on any atom is 0.213 e. The van der Waals surface area contributed by atoms with Crippen molar-refractivity contribution in [2.24, 2.45) is 5.16 Å². The Morgan fingerprint density at radius 1 is 1.28 bits per heavy atom. The quantitative estimate of drug-likeness (QED) is 0.363. The number of nitrogens with one attached hydrogen (secondary N) is 1. The van der Waals surface area contributed by atoms with Crippen LogP contribution in [0.25, 0.3) is 0 Å². The predicted molar refractivity (Wildman–Crippen MR) is 66.7 cm³/mol. The van der Waals surface area contributed by atoms with Gasteiger partial charge in [0, 0.05) is 12.3 Å². The molecule has 0 spiro atoms. The molecule has 6 nitrogen and oxygen atoms in total. The van der Waals surface area contributed by atoms with Gasteiger partial charge < -0.3 is 15.3 Å². The van der Waals surface area contributed by atoms with Gasteiger partial charge in [0.25, 0.3) is 0 Å². The number of oxime groups is 1. The van der Waals surface area contributed by atoms with E-state index >= 15 is 0 Å². The van der Waals surface area contributed by atoms with E-state index in [1.165, 1.54) is 0 Å². The zero-order valence-electron chi connectivity index (χ0n) is 9.52. The van der Waals surface area contributed by atoms with E-state index in [1.54, 1.807) is 24.5 Å². The van der Waals surface area contributed by atoms with Crippen LogP contribution in [0.3, 0.4) is 0 Å². The van der Waals surface area contributed by atoms with E-state index in [1.807, 2.05) is 18.2 Å². The van der Waals surface area contributed by atoms with Crippen molar-refractivity contribution in [3.05, 3.63) is 48.4 Å². The van der Waals surface area contributed by atoms with Crippen LogP contribution in [0.5, 0.6) is 5.88 Å². The molecule has 0 aliphatic carbocycles. The van der Waals surface area contributed by atoms with E-state index in [4.69, 9.17) is 9.94 Å². The molecule has 6 heteroatoms. The Balaban J connectivity index is 1.90. The summed E-state index contributed by atoms with van der Waals surface area (Å²) >= 11 is 0. The topological polar surface area (TPSA) is 79.6 Å². The molecule has 2 N–H and O–H groups in total. The van der Waals surface area contributed by atoms with Crippen LogP contribution in [0.1, 0.15) is 5.69 Å². The lowest BCUT2D eigenvalue weighted by atomic mass is 10.4. The standard InChI is InChI=1S/C12H12N4O2/c17-16-9-15-10-4-5-12(14-7-10)18-8-11-3-1-2-6-13-11/h1-7,9,17H,8H2,(H,15,16). The molecule has 92 valence electrons. The second-order valence-corrected chi connectivity index (χ2v) is 3.38. The molecule has 0 saturated heterocycles. The lowest BCUT2D eigenvalue weighted by Gasteiger charge is -2.05. The molecule has 0 aromatic carbocycles. The number of hydrogen-bond donors (Lipinski definition) is 2. The molecule has 0 amide bonds. The van der Waals surface area contributed by atoms with Gasteiger partial charge in [0.15, 0.2) is 0 Å². The highest BCUT2D eigenvalue weighted by Gasteiger charge is 1.98. The van der Waals surface area contributed by atoms with E-state index in [0.717, 1.165) is 12.0 Å². The minimum atomic E-state index is 0.374. The minimum absolute atomic E-state index is 0.374. The average Bonchev–Trinajstić information content (AvgIpc) is 2.45. The summed E-state index contributed by atoms with van der Waals surface area (Å²) in [7, 11) is 0. The normalized spacial score (nSPS) is 10.4. The maximum absolute atomic E-state index is 8.25. The summed E-state index contributed by atoms with van der Waals surface area (Å²) in [6.07, 6.45) is 4.45. The van der Waals surface area contributed by atoms with Crippen LogP contribution in [0, 0.1) is 0 Å². The van der Waals surface area contributed by atoms with Crippen LogP contribution in [0.15, 0.2) is 47.9 Å². The van der Waals surface area contributed by atoms with Crippen molar-refractivity contribution in [2.75, 3.05) is 5.32 Å². The highest BCUT2D eigenvalue weighted by atomic mass is 16.5. The van der Waals surface area contributed by atoms with E-state index in [-0.39, 0.29) is 0 Å². The first kappa shape index (κ1) is 11.8. The Hall–Kier alpha value is -2.63. The number of pyridine rings is 2. The van der Waals surface area contributed by atoms with Crippen molar-refractivity contribution in [3.8, 4) is 5.88 Å². The van der Waals surface area contributed by atoms with Gasteiger partial charge in [-0.2, -0.15) is 0 Å². The predicted octanol–water partition coefficient (Wildman–Crippen LogP) is 1.88. The third kappa shape index (κ3) is 3.44. The molecular formula is C12H12N4O2. The number of ether oxygens (including phenoxy) is 1. The Labute approximate surface area is 104 Å². The molecule has 0 fully saturated rings. The Kier molecular flexibility index (Phi) is 4.07. The van der Waals surface area contributed by atoms with Gasteiger partial charge in [0.05, 0.1) is 17.6 Å².